The first-order valence-corrected chi connectivity index (χ1v) is 16.0. The van der Waals surface area contributed by atoms with Crippen LogP contribution in [-0.2, 0) is 9.84 Å². The second-order valence-electron chi connectivity index (χ2n) is 11.3. The lowest BCUT2D eigenvalue weighted by atomic mass is 9.87. The third kappa shape index (κ3) is 4.75. The van der Waals surface area contributed by atoms with Crippen molar-refractivity contribution in [1.29, 1.82) is 0 Å². The van der Waals surface area contributed by atoms with Crippen LogP contribution in [0, 0.1) is 11.6 Å². The fraction of sp³-hybridized carbons (Fsp3) is 0.310. The lowest BCUT2D eigenvalue weighted by Gasteiger charge is -2.38. The second-order valence-corrected chi connectivity index (χ2v) is 13.2. The third-order valence-electron chi connectivity index (χ3n) is 8.60. The van der Waals surface area contributed by atoms with Crippen LogP contribution in [0.4, 0.5) is 14.6 Å². The van der Waals surface area contributed by atoms with Gasteiger partial charge in [0.2, 0.25) is 5.82 Å². The van der Waals surface area contributed by atoms with Crippen LogP contribution in [0.2, 0.25) is 0 Å². The maximum Gasteiger partial charge on any atom is 0.292 e. The molecule has 16 heteroatoms. The molecule has 4 aromatic heterocycles. The van der Waals surface area contributed by atoms with E-state index < -0.39 is 21.5 Å². The summed E-state index contributed by atoms with van der Waals surface area (Å²) in [7, 11) is -2.58. The average molecular weight is 636 g/mol. The predicted octanol–water partition coefficient (Wildman–Crippen LogP) is 3.40. The van der Waals surface area contributed by atoms with Gasteiger partial charge in [-0.1, -0.05) is 6.07 Å². The maximum atomic E-state index is 14.7. The van der Waals surface area contributed by atoms with Crippen molar-refractivity contribution >= 4 is 27.2 Å². The van der Waals surface area contributed by atoms with Gasteiger partial charge in [-0.2, -0.15) is 9.61 Å². The van der Waals surface area contributed by atoms with E-state index in [-0.39, 0.29) is 57.5 Å². The number of ether oxygens (including phenoxy) is 1. The standard InChI is InChI=1S/C29H27F2N9O4S/c1-44-23-10-20(30)18(9-21(23)31)22-6-3-14(11-33-22)19-12-36-40-26(32)25(45(2,42)43)24(37-28(19)40)15-7-16-4-5-17(8-15)39(16)29(41)27-34-13-35-38-27/h3,6,9-13,15-17H,4-5,7-8,32H2,1-2H3,(H,34,35,38)/t15-,16+,17-. The van der Waals surface area contributed by atoms with Crippen molar-refractivity contribution in [1.82, 2.24) is 39.7 Å². The summed E-state index contributed by atoms with van der Waals surface area (Å²) < 4.78 is 61.3. The Hall–Kier alpha value is -4.99. The Morgan fingerprint density at radius 3 is 2.47 bits per heavy atom. The molecular weight excluding hydrogens is 608 g/mol. The highest BCUT2D eigenvalue weighted by molar-refractivity contribution is 7.91. The van der Waals surface area contributed by atoms with E-state index in [1.165, 1.54) is 36.4 Å². The summed E-state index contributed by atoms with van der Waals surface area (Å²) in [5.74, 6) is -2.08. The molecule has 5 aromatic rings. The number of carbonyl (C=O) groups is 1. The number of carbonyl (C=O) groups excluding carboxylic acids is 1. The van der Waals surface area contributed by atoms with Gasteiger partial charge in [-0.25, -0.2) is 22.2 Å². The van der Waals surface area contributed by atoms with Gasteiger partial charge in [0, 0.05) is 53.2 Å². The van der Waals surface area contributed by atoms with Crippen LogP contribution in [0.25, 0.3) is 28.0 Å². The van der Waals surface area contributed by atoms with Crippen LogP contribution in [0.15, 0.2) is 47.9 Å². The number of hydrogen-bond donors (Lipinski definition) is 2. The number of nitrogens with two attached hydrogens (primary N) is 1. The number of anilines is 1. The molecule has 13 nitrogen and oxygen atoms in total. The third-order valence-corrected chi connectivity index (χ3v) is 9.76. The molecule has 0 spiro atoms. The number of H-pyrrole nitrogens is 1. The fourth-order valence-corrected chi connectivity index (χ4v) is 7.69. The molecule has 3 N–H and O–H groups in total. The van der Waals surface area contributed by atoms with E-state index >= 15 is 0 Å². The van der Waals surface area contributed by atoms with Crippen molar-refractivity contribution in [3.05, 3.63) is 66.1 Å². The van der Waals surface area contributed by atoms with E-state index in [0.717, 1.165) is 31.2 Å². The molecule has 0 radical (unpaired) electrons. The summed E-state index contributed by atoms with van der Waals surface area (Å²) in [5, 5.41) is 11.9. The van der Waals surface area contributed by atoms with E-state index in [4.69, 9.17) is 15.5 Å². The Labute approximate surface area is 255 Å². The number of benzene rings is 1. The van der Waals surface area contributed by atoms with E-state index in [1.54, 1.807) is 6.07 Å². The van der Waals surface area contributed by atoms with Gasteiger partial charge >= 0.3 is 0 Å². The smallest absolute Gasteiger partial charge is 0.292 e. The number of sulfone groups is 1. The summed E-state index contributed by atoms with van der Waals surface area (Å²) in [6, 6.07) is 4.91. The van der Waals surface area contributed by atoms with Gasteiger partial charge < -0.3 is 20.4 Å². The van der Waals surface area contributed by atoms with Crippen LogP contribution in [0.5, 0.6) is 5.75 Å². The van der Waals surface area contributed by atoms with Crippen molar-refractivity contribution in [3.63, 3.8) is 0 Å². The van der Waals surface area contributed by atoms with Gasteiger partial charge in [0.15, 0.2) is 27.1 Å². The zero-order valence-electron chi connectivity index (χ0n) is 24.1. The molecule has 2 bridgehead atoms. The predicted molar refractivity (Wildman–Crippen MR) is 157 cm³/mol. The van der Waals surface area contributed by atoms with Crippen molar-refractivity contribution in [2.75, 3.05) is 19.1 Å². The number of nitrogens with zero attached hydrogens (tertiary/aromatic N) is 7. The molecule has 45 heavy (non-hydrogen) atoms. The van der Waals surface area contributed by atoms with Crippen LogP contribution >= 0.6 is 0 Å². The first-order valence-electron chi connectivity index (χ1n) is 14.1. The van der Waals surface area contributed by atoms with Crippen LogP contribution in [-0.4, -0.2) is 79.4 Å². The monoisotopic (exact) mass is 635 g/mol. The largest absolute Gasteiger partial charge is 0.494 e. The summed E-state index contributed by atoms with van der Waals surface area (Å²) >= 11 is 0. The number of halogens is 2. The molecule has 0 saturated carbocycles. The SMILES string of the molecule is COc1cc(F)c(-c2ccc(-c3cnn4c(N)c(S(C)(=O)=O)c([C@H]5C[C@H]6CC[C@@H](C5)N6C(=O)c5nnc[nH]5)nc34)cn2)cc1F. The highest BCUT2D eigenvalue weighted by Gasteiger charge is 2.46. The lowest BCUT2D eigenvalue weighted by molar-refractivity contribution is 0.0556. The molecule has 1 amide bonds. The molecule has 2 fully saturated rings. The molecule has 0 unspecified atom stereocenters. The number of pyridine rings is 1. The highest BCUT2D eigenvalue weighted by Crippen LogP contribution is 2.45. The molecule has 0 aliphatic carbocycles. The van der Waals surface area contributed by atoms with Crippen LogP contribution in [0.3, 0.4) is 0 Å². The molecule has 1 aromatic carbocycles. The number of aromatic nitrogens is 7. The fourth-order valence-electron chi connectivity index (χ4n) is 6.64. The van der Waals surface area contributed by atoms with E-state index in [2.05, 4.69) is 25.3 Å². The normalized spacial score (nSPS) is 19.7. The Kier molecular flexibility index (Phi) is 6.76. The van der Waals surface area contributed by atoms with Crippen LogP contribution in [0.1, 0.15) is 47.9 Å². The second kappa shape index (κ2) is 10.6. The molecule has 7 rings (SSSR count). The number of methoxy groups -OCH3 is 1. The lowest BCUT2D eigenvalue weighted by Crippen LogP contribution is -2.46. The first kappa shape index (κ1) is 28.8. The highest BCUT2D eigenvalue weighted by atomic mass is 32.2. The zero-order valence-corrected chi connectivity index (χ0v) is 24.9. The van der Waals surface area contributed by atoms with Crippen molar-refractivity contribution < 1.29 is 26.7 Å². The van der Waals surface area contributed by atoms with Gasteiger partial charge in [-0.3, -0.25) is 9.78 Å². The van der Waals surface area contributed by atoms with Gasteiger partial charge in [-0.15, -0.1) is 10.2 Å². The number of hydrogen-bond acceptors (Lipinski definition) is 10. The minimum absolute atomic E-state index is 0.0371. The number of nitrogens with one attached hydrogen (secondary N) is 1. The summed E-state index contributed by atoms with van der Waals surface area (Å²) in [6.07, 6.45) is 7.93. The molecule has 3 atom stereocenters. The summed E-state index contributed by atoms with van der Waals surface area (Å²) in [4.78, 5) is 26.9. The first-order chi connectivity index (χ1) is 21.5. The van der Waals surface area contributed by atoms with Crippen molar-refractivity contribution in [3.8, 4) is 28.1 Å². The Morgan fingerprint density at radius 1 is 1.09 bits per heavy atom. The molecule has 2 aliphatic heterocycles. The van der Waals surface area contributed by atoms with Crippen molar-refractivity contribution in [2.45, 2.75) is 48.6 Å². The van der Waals surface area contributed by atoms with E-state index in [1.807, 2.05) is 4.90 Å². The average Bonchev–Trinajstić information content (AvgIpc) is 3.76. The molecule has 2 aliphatic rings. The Morgan fingerprint density at radius 2 is 1.84 bits per heavy atom. The number of nitrogen functional groups attached to an aromatic ring is 1. The van der Waals surface area contributed by atoms with E-state index in [0.29, 0.717) is 35.3 Å². The van der Waals surface area contributed by atoms with E-state index in [9.17, 15) is 22.0 Å². The minimum Gasteiger partial charge on any atom is -0.494 e. The number of amides is 1. The Balaban J connectivity index is 1.27. The van der Waals surface area contributed by atoms with Gasteiger partial charge in [0.1, 0.15) is 22.9 Å². The number of piperidine rings is 1. The molecule has 6 heterocycles. The van der Waals surface area contributed by atoms with Gasteiger partial charge in [0.25, 0.3) is 5.91 Å². The number of aromatic amines is 1. The van der Waals surface area contributed by atoms with Gasteiger partial charge in [-0.05, 0) is 37.8 Å². The summed E-state index contributed by atoms with van der Waals surface area (Å²) in [5.41, 5.74) is 8.36. The number of rotatable bonds is 6. The molecule has 232 valence electrons. The van der Waals surface area contributed by atoms with Gasteiger partial charge in [0.05, 0.1) is 24.7 Å². The number of fused-ring (bicyclic) bond motifs is 3. The van der Waals surface area contributed by atoms with Crippen LogP contribution < -0.4 is 10.5 Å². The topological polar surface area (TPSA) is 174 Å². The summed E-state index contributed by atoms with van der Waals surface area (Å²) in [6.45, 7) is 0. The van der Waals surface area contributed by atoms with Crippen molar-refractivity contribution in [2.24, 2.45) is 0 Å². The minimum atomic E-state index is -3.83. The zero-order chi connectivity index (χ0) is 31.6. The maximum absolute atomic E-state index is 14.7. The quantitative estimate of drug-likeness (QED) is 0.281. The molecular formula is C29H27F2N9O4S. The molecule has 2 saturated heterocycles. The Bertz CT molecular complexity index is 2050.